The Balaban J connectivity index is 2.84. The third-order valence-corrected chi connectivity index (χ3v) is 2.47. The Bertz CT molecular complexity index is 274. The predicted octanol–water partition coefficient (Wildman–Crippen LogP) is 3.29. The highest BCUT2D eigenvalue weighted by molar-refractivity contribution is 5.88. The van der Waals surface area contributed by atoms with Crippen molar-refractivity contribution >= 4 is 5.71 Å². The Kier molecular flexibility index (Phi) is 3.39. The molecule has 0 aromatic carbocycles. The summed E-state index contributed by atoms with van der Waals surface area (Å²) in [5, 5.41) is 3.65. The SMILES string of the molecule is CC(C)=CN=C1CC(C)(C)NC(C)(C)C1. The molecule has 86 valence electrons. The van der Waals surface area contributed by atoms with E-state index in [1.807, 2.05) is 6.20 Å². The number of rotatable bonds is 1. The van der Waals surface area contributed by atoms with Crippen LogP contribution < -0.4 is 5.32 Å². The number of piperidine rings is 1. The van der Waals surface area contributed by atoms with Gasteiger partial charge in [-0.15, -0.1) is 0 Å². The lowest BCUT2D eigenvalue weighted by Crippen LogP contribution is -2.58. The van der Waals surface area contributed by atoms with E-state index in [0.29, 0.717) is 0 Å². The Morgan fingerprint density at radius 3 is 2.00 bits per heavy atom. The maximum atomic E-state index is 4.59. The third kappa shape index (κ3) is 4.17. The van der Waals surface area contributed by atoms with E-state index in [0.717, 1.165) is 12.8 Å². The standard InChI is InChI=1S/C13H24N2/c1-10(2)9-14-11-7-12(3,4)15-13(5,6)8-11/h9,15H,7-8H2,1-6H3. The van der Waals surface area contributed by atoms with Crippen molar-refractivity contribution in [1.29, 1.82) is 0 Å². The number of allylic oxidation sites excluding steroid dienone is 1. The van der Waals surface area contributed by atoms with Crippen molar-refractivity contribution in [3.63, 3.8) is 0 Å². The molecule has 0 saturated carbocycles. The van der Waals surface area contributed by atoms with Gasteiger partial charge in [0.1, 0.15) is 0 Å². The van der Waals surface area contributed by atoms with Gasteiger partial charge in [-0.2, -0.15) is 0 Å². The molecule has 1 heterocycles. The fourth-order valence-electron chi connectivity index (χ4n) is 2.40. The van der Waals surface area contributed by atoms with E-state index in [2.05, 4.69) is 51.9 Å². The van der Waals surface area contributed by atoms with Gasteiger partial charge in [-0.05, 0) is 41.5 Å². The van der Waals surface area contributed by atoms with Gasteiger partial charge in [-0.25, -0.2) is 0 Å². The van der Waals surface area contributed by atoms with E-state index in [4.69, 9.17) is 0 Å². The van der Waals surface area contributed by atoms with Crippen LogP contribution in [0.2, 0.25) is 0 Å². The molecular formula is C13H24N2. The van der Waals surface area contributed by atoms with Gasteiger partial charge < -0.3 is 5.32 Å². The lowest BCUT2D eigenvalue weighted by molar-refractivity contribution is 0.252. The molecule has 1 fully saturated rings. The van der Waals surface area contributed by atoms with Crippen LogP contribution in [0, 0.1) is 0 Å². The molecule has 0 aromatic rings. The highest BCUT2D eigenvalue weighted by atomic mass is 15.1. The normalized spacial score (nSPS) is 23.5. The summed E-state index contributed by atoms with van der Waals surface area (Å²) in [6, 6.07) is 0. The van der Waals surface area contributed by atoms with Gasteiger partial charge >= 0.3 is 0 Å². The molecule has 0 atom stereocenters. The summed E-state index contributed by atoms with van der Waals surface area (Å²) in [5.74, 6) is 0. The topological polar surface area (TPSA) is 24.4 Å². The zero-order valence-corrected chi connectivity index (χ0v) is 10.9. The number of aliphatic imine (C=N–C) groups is 1. The molecule has 15 heavy (non-hydrogen) atoms. The van der Waals surface area contributed by atoms with Crippen LogP contribution in [0.15, 0.2) is 16.8 Å². The Morgan fingerprint density at radius 1 is 1.13 bits per heavy atom. The van der Waals surface area contributed by atoms with Gasteiger partial charge in [0.25, 0.3) is 0 Å². The van der Waals surface area contributed by atoms with Crippen molar-refractivity contribution in [3.8, 4) is 0 Å². The average molecular weight is 208 g/mol. The second-order valence-corrected chi connectivity index (χ2v) is 6.15. The second kappa shape index (κ2) is 4.09. The van der Waals surface area contributed by atoms with Crippen LogP contribution in [-0.2, 0) is 0 Å². The minimum absolute atomic E-state index is 0.163. The molecule has 1 aliphatic rings. The van der Waals surface area contributed by atoms with Gasteiger partial charge in [0, 0.05) is 35.8 Å². The van der Waals surface area contributed by atoms with Crippen molar-refractivity contribution in [2.75, 3.05) is 0 Å². The van der Waals surface area contributed by atoms with Gasteiger partial charge in [-0.3, -0.25) is 4.99 Å². The highest BCUT2D eigenvalue weighted by Crippen LogP contribution is 2.26. The predicted molar refractivity (Wildman–Crippen MR) is 67.4 cm³/mol. The lowest BCUT2D eigenvalue weighted by Gasteiger charge is -2.43. The molecule has 0 radical (unpaired) electrons. The van der Waals surface area contributed by atoms with Gasteiger partial charge in [-0.1, -0.05) is 5.57 Å². The summed E-state index contributed by atoms with van der Waals surface area (Å²) in [6.07, 6.45) is 4.06. The molecule has 0 aliphatic carbocycles. The van der Waals surface area contributed by atoms with E-state index in [1.165, 1.54) is 11.3 Å². The van der Waals surface area contributed by atoms with E-state index in [-0.39, 0.29) is 11.1 Å². The van der Waals surface area contributed by atoms with Crippen LogP contribution in [0.3, 0.4) is 0 Å². The molecule has 0 unspecified atom stereocenters. The van der Waals surface area contributed by atoms with E-state index >= 15 is 0 Å². The molecular weight excluding hydrogens is 184 g/mol. The second-order valence-electron chi connectivity index (χ2n) is 6.15. The van der Waals surface area contributed by atoms with Crippen molar-refractivity contribution in [2.45, 2.75) is 65.5 Å². The molecule has 2 heteroatoms. The van der Waals surface area contributed by atoms with Crippen LogP contribution in [0.5, 0.6) is 0 Å². The minimum atomic E-state index is 0.163. The van der Waals surface area contributed by atoms with Gasteiger partial charge in [0.2, 0.25) is 0 Å². The zero-order chi connectivity index (χ0) is 11.7. The van der Waals surface area contributed by atoms with Crippen molar-refractivity contribution < 1.29 is 0 Å². The summed E-state index contributed by atoms with van der Waals surface area (Å²) in [6.45, 7) is 13.1. The summed E-state index contributed by atoms with van der Waals surface area (Å²) >= 11 is 0. The van der Waals surface area contributed by atoms with E-state index in [9.17, 15) is 0 Å². The Labute approximate surface area is 93.9 Å². The number of nitrogens with zero attached hydrogens (tertiary/aromatic N) is 1. The fraction of sp³-hybridized carbons (Fsp3) is 0.769. The maximum Gasteiger partial charge on any atom is 0.0253 e. The maximum absolute atomic E-state index is 4.59. The molecule has 1 N–H and O–H groups in total. The first-order valence-corrected chi connectivity index (χ1v) is 5.68. The monoisotopic (exact) mass is 208 g/mol. The summed E-state index contributed by atoms with van der Waals surface area (Å²) in [4.78, 5) is 4.59. The quantitative estimate of drug-likeness (QED) is 0.702. The Hall–Kier alpha value is -0.630. The van der Waals surface area contributed by atoms with Crippen molar-refractivity contribution in [1.82, 2.24) is 5.32 Å². The molecule has 0 bridgehead atoms. The Morgan fingerprint density at radius 2 is 1.60 bits per heavy atom. The first-order chi connectivity index (χ1) is 6.70. The molecule has 1 aliphatic heterocycles. The molecule has 0 spiro atoms. The van der Waals surface area contributed by atoms with Crippen molar-refractivity contribution in [3.05, 3.63) is 11.8 Å². The summed E-state index contributed by atoms with van der Waals surface area (Å²) in [5.41, 5.74) is 2.90. The molecule has 0 amide bonds. The van der Waals surface area contributed by atoms with Gasteiger partial charge in [0.15, 0.2) is 0 Å². The van der Waals surface area contributed by atoms with Gasteiger partial charge in [0.05, 0.1) is 0 Å². The van der Waals surface area contributed by atoms with Crippen molar-refractivity contribution in [2.24, 2.45) is 4.99 Å². The molecule has 1 rings (SSSR count). The van der Waals surface area contributed by atoms with Crippen LogP contribution >= 0.6 is 0 Å². The minimum Gasteiger partial charge on any atom is -0.306 e. The number of hydrogen-bond donors (Lipinski definition) is 1. The summed E-state index contributed by atoms with van der Waals surface area (Å²) < 4.78 is 0. The molecule has 1 saturated heterocycles. The van der Waals surface area contributed by atoms with Crippen LogP contribution in [0.1, 0.15) is 54.4 Å². The fourth-order valence-corrected chi connectivity index (χ4v) is 2.40. The van der Waals surface area contributed by atoms with Crippen LogP contribution in [0.4, 0.5) is 0 Å². The molecule has 2 nitrogen and oxygen atoms in total. The van der Waals surface area contributed by atoms with E-state index < -0.39 is 0 Å². The smallest absolute Gasteiger partial charge is 0.0253 e. The average Bonchev–Trinajstić information content (AvgIpc) is 1.94. The number of nitrogens with one attached hydrogen (secondary N) is 1. The number of hydrogen-bond acceptors (Lipinski definition) is 2. The van der Waals surface area contributed by atoms with E-state index in [1.54, 1.807) is 0 Å². The van der Waals surface area contributed by atoms with Crippen LogP contribution in [-0.4, -0.2) is 16.8 Å². The summed E-state index contributed by atoms with van der Waals surface area (Å²) in [7, 11) is 0. The third-order valence-electron chi connectivity index (χ3n) is 2.47. The highest BCUT2D eigenvalue weighted by Gasteiger charge is 2.35. The first kappa shape index (κ1) is 12.4. The zero-order valence-electron chi connectivity index (χ0n) is 10.9. The first-order valence-electron chi connectivity index (χ1n) is 5.68. The molecule has 0 aromatic heterocycles. The van der Waals surface area contributed by atoms with Crippen LogP contribution in [0.25, 0.3) is 0 Å². The lowest BCUT2D eigenvalue weighted by atomic mass is 9.81. The largest absolute Gasteiger partial charge is 0.306 e.